The van der Waals surface area contributed by atoms with Gasteiger partial charge < -0.3 is 9.17 Å². The van der Waals surface area contributed by atoms with Gasteiger partial charge in [-0.25, -0.2) is 4.98 Å². The van der Waals surface area contributed by atoms with Crippen LogP contribution in [0.4, 0.5) is 0 Å². The molecule has 5 nitrogen and oxygen atoms in total. The number of H-pyrrole nitrogens is 1. The van der Waals surface area contributed by atoms with Crippen molar-refractivity contribution in [2.45, 2.75) is 17.0 Å². The Balaban J connectivity index is 1.96. The highest BCUT2D eigenvalue weighted by molar-refractivity contribution is 7.87. The Labute approximate surface area is 127 Å². The van der Waals surface area contributed by atoms with E-state index in [-0.39, 0.29) is 10.6 Å². The van der Waals surface area contributed by atoms with Crippen LogP contribution in [0.3, 0.4) is 0 Å². The normalized spacial score (nSPS) is 11.7. The summed E-state index contributed by atoms with van der Waals surface area (Å²) in [5, 5.41) is 0.462. The monoisotopic (exact) mass is 320 g/mol. The van der Waals surface area contributed by atoms with Crippen molar-refractivity contribution in [1.29, 1.82) is 0 Å². The first kappa shape index (κ1) is 14.0. The van der Waals surface area contributed by atoms with Crippen LogP contribution in [0.2, 0.25) is 0 Å². The lowest BCUT2D eigenvalue weighted by atomic mass is 10.2. The summed E-state index contributed by atoms with van der Waals surface area (Å²) in [4.78, 5) is 7.16. The molecule has 0 unspecified atom stereocenters. The first-order valence-electron chi connectivity index (χ1n) is 6.14. The Bertz CT molecular complexity index is 917. The van der Waals surface area contributed by atoms with Crippen molar-refractivity contribution in [2.24, 2.45) is 0 Å². The molecule has 0 aliphatic rings. The number of nitrogens with zero attached hydrogens (tertiary/aromatic N) is 1. The molecule has 1 N–H and O–H groups in total. The Kier molecular flexibility index (Phi) is 3.38. The molecule has 2 aromatic carbocycles. The van der Waals surface area contributed by atoms with Gasteiger partial charge in [0.15, 0.2) is 5.16 Å². The van der Waals surface area contributed by atoms with Crippen LogP contribution >= 0.6 is 12.6 Å². The maximum absolute atomic E-state index is 12.2. The molecule has 0 saturated heterocycles. The largest absolute Gasteiger partial charge is 0.379 e. The van der Waals surface area contributed by atoms with Crippen LogP contribution in [0, 0.1) is 6.92 Å². The van der Waals surface area contributed by atoms with E-state index in [0.29, 0.717) is 16.2 Å². The van der Waals surface area contributed by atoms with Gasteiger partial charge in [-0.3, -0.25) is 0 Å². The predicted octanol–water partition coefficient (Wildman–Crippen LogP) is 2.93. The average Bonchev–Trinajstić information content (AvgIpc) is 2.77. The molecule has 3 aromatic rings. The van der Waals surface area contributed by atoms with E-state index in [9.17, 15) is 8.42 Å². The molecule has 3 rings (SSSR count). The minimum atomic E-state index is -3.85. The lowest BCUT2D eigenvalue weighted by molar-refractivity contribution is 0.486. The van der Waals surface area contributed by atoms with Gasteiger partial charge in [-0.15, -0.1) is 12.6 Å². The molecule has 0 aliphatic heterocycles. The van der Waals surface area contributed by atoms with Gasteiger partial charge in [-0.1, -0.05) is 12.1 Å². The van der Waals surface area contributed by atoms with E-state index in [1.165, 1.54) is 6.07 Å². The summed E-state index contributed by atoms with van der Waals surface area (Å²) >= 11 is 4.11. The van der Waals surface area contributed by atoms with E-state index in [1.807, 2.05) is 13.0 Å². The molecule has 0 saturated carbocycles. The maximum Gasteiger partial charge on any atom is 0.339 e. The van der Waals surface area contributed by atoms with Crippen molar-refractivity contribution in [2.75, 3.05) is 0 Å². The summed E-state index contributed by atoms with van der Waals surface area (Å²) < 4.78 is 29.6. The lowest BCUT2D eigenvalue weighted by Gasteiger charge is -2.07. The number of hydrogen-bond donors (Lipinski definition) is 2. The Morgan fingerprint density at radius 1 is 1.19 bits per heavy atom. The third-order valence-corrected chi connectivity index (χ3v) is 4.38. The van der Waals surface area contributed by atoms with Crippen LogP contribution in [0.15, 0.2) is 52.5 Å². The number of hydrogen-bond acceptors (Lipinski definition) is 5. The SMILES string of the molecule is Cc1cccc(S(=O)(=O)Oc2ccc3nc(S)[nH]c3c2)c1. The highest BCUT2D eigenvalue weighted by Crippen LogP contribution is 2.23. The van der Waals surface area contributed by atoms with Crippen molar-refractivity contribution >= 4 is 33.8 Å². The van der Waals surface area contributed by atoms with Gasteiger partial charge in [0, 0.05) is 6.07 Å². The van der Waals surface area contributed by atoms with Crippen molar-refractivity contribution in [3.8, 4) is 5.75 Å². The fourth-order valence-corrected chi connectivity index (χ4v) is 3.23. The van der Waals surface area contributed by atoms with Crippen LogP contribution in [0.25, 0.3) is 11.0 Å². The molecule has 1 aromatic heterocycles. The van der Waals surface area contributed by atoms with E-state index in [4.69, 9.17) is 4.18 Å². The Morgan fingerprint density at radius 3 is 2.76 bits per heavy atom. The summed E-state index contributed by atoms with van der Waals surface area (Å²) in [6.07, 6.45) is 0. The summed E-state index contributed by atoms with van der Waals surface area (Å²) in [5.74, 6) is 0.223. The van der Waals surface area contributed by atoms with Gasteiger partial charge in [0.2, 0.25) is 0 Å². The van der Waals surface area contributed by atoms with E-state index >= 15 is 0 Å². The van der Waals surface area contributed by atoms with Crippen LogP contribution in [0.5, 0.6) is 5.75 Å². The van der Waals surface area contributed by atoms with Gasteiger partial charge in [-0.05, 0) is 36.8 Å². The molecule has 1 heterocycles. The second-order valence-electron chi connectivity index (χ2n) is 4.59. The van der Waals surface area contributed by atoms with Gasteiger partial charge in [0.1, 0.15) is 10.6 Å². The third-order valence-electron chi connectivity index (χ3n) is 2.92. The van der Waals surface area contributed by atoms with Crippen molar-refractivity contribution in [3.63, 3.8) is 0 Å². The van der Waals surface area contributed by atoms with Crippen LogP contribution in [0.1, 0.15) is 5.56 Å². The zero-order valence-electron chi connectivity index (χ0n) is 11.1. The number of benzene rings is 2. The molecule has 0 aliphatic carbocycles. The second-order valence-corrected chi connectivity index (χ2v) is 6.56. The van der Waals surface area contributed by atoms with Gasteiger partial charge in [0.25, 0.3) is 0 Å². The van der Waals surface area contributed by atoms with Crippen LogP contribution in [-0.4, -0.2) is 18.4 Å². The van der Waals surface area contributed by atoms with E-state index < -0.39 is 10.1 Å². The Hall–Kier alpha value is -1.99. The molecular weight excluding hydrogens is 308 g/mol. The number of nitrogens with one attached hydrogen (secondary N) is 1. The summed E-state index contributed by atoms with van der Waals surface area (Å²) in [6, 6.07) is 11.4. The fourth-order valence-electron chi connectivity index (χ4n) is 1.97. The molecule has 7 heteroatoms. The summed E-state index contributed by atoms with van der Waals surface area (Å²) in [7, 11) is -3.85. The van der Waals surface area contributed by atoms with Gasteiger partial charge in [0.05, 0.1) is 11.0 Å². The van der Waals surface area contributed by atoms with Crippen LogP contribution in [-0.2, 0) is 10.1 Å². The topological polar surface area (TPSA) is 72.1 Å². The molecule has 108 valence electrons. The zero-order valence-corrected chi connectivity index (χ0v) is 12.8. The van der Waals surface area contributed by atoms with Crippen molar-refractivity contribution in [3.05, 3.63) is 48.0 Å². The van der Waals surface area contributed by atoms with E-state index in [0.717, 1.165) is 5.56 Å². The van der Waals surface area contributed by atoms with Crippen molar-refractivity contribution < 1.29 is 12.6 Å². The van der Waals surface area contributed by atoms with Gasteiger partial charge >= 0.3 is 10.1 Å². The number of aromatic amines is 1. The number of thiol groups is 1. The number of aromatic nitrogens is 2. The van der Waals surface area contributed by atoms with E-state index in [1.54, 1.807) is 30.3 Å². The quantitative estimate of drug-likeness (QED) is 0.575. The third kappa shape index (κ3) is 2.88. The minimum absolute atomic E-state index is 0.127. The fraction of sp³-hybridized carbons (Fsp3) is 0.0714. The summed E-state index contributed by atoms with van der Waals surface area (Å²) in [5.41, 5.74) is 2.21. The minimum Gasteiger partial charge on any atom is -0.379 e. The molecule has 0 radical (unpaired) electrons. The molecule has 0 spiro atoms. The first-order valence-corrected chi connectivity index (χ1v) is 7.99. The van der Waals surface area contributed by atoms with Crippen molar-refractivity contribution in [1.82, 2.24) is 9.97 Å². The number of aryl methyl sites for hydroxylation is 1. The maximum atomic E-state index is 12.2. The number of imidazole rings is 1. The highest BCUT2D eigenvalue weighted by atomic mass is 32.2. The first-order chi connectivity index (χ1) is 9.94. The number of fused-ring (bicyclic) bond motifs is 1. The molecule has 0 atom stereocenters. The van der Waals surface area contributed by atoms with Gasteiger partial charge in [-0.2, -0.15) is 8.42 Å². The highest BCUT2D eigenvalue weighted by Gasteiger charge is 2.17. The van der Waals surface area contributed by atoms with E-state index in [2.05, 4.69) is 22.6 Å². The lowest BCUT2D eigenvalue weighted by Crippen LogP contribution is -2.09. The smallest absolute Gasteiger partial charge is 0.339 e. The standard InChI is InChI=1S/C14H12N2O3S2/c1-9-3-2-4-11(7-9)21(17,18)19-10-5-6-12-13(8-10)16-14(20)15-12/h2-8H,1H3,(H2,15,16,20). The molecule has 0 amide bonds. The van der Waals surface area contributed by atoms with Crippen LogP contribution < -0.4 is 4.18 Å². The molecule has 0 bridgehead atoms. The average molecular weight is 320 g/mol. The molecular formula is C14H12N2O3S2. The second kappa shape index (κ2) is 5.09. The Morgan fingerprint density at radius 2 is 2.00 bits per heavy atom. The zero-order chi connectivity index (χ0) is 15.0. The summed E-state index contributed by atoms with van der Waals surface area (Å²) in [6.45, 7) is 1.82. The molecule has 0 fully saturated rings. The number of rotatable bonds is 3. The molecule has 21 heavy (non-hydrogen) atoms. The predicted molar refractivity (Wildman–Crippen MR) is 82.3 cm³/mol.